The van der Waals surface area contributed by atoms with Crippen LogP contribution in [0.2, 0.25) is 0 Å². The number of likely N-dealkylation sites (tertiary alicyclic amines) is 1. The van der Waals surface area contributed by atoms with Crippen molar-refractivity contribution >= 4 is 17.7 Å². The van der Waals surface area contributed by atoms with Gasteiger partial charge in [0, 0.05) is 50.4 Å². The lowest BCUT2D eigenvalue weighted by atomic mass is 9.96. The molecule has 3 amide bonds. The number of halogens is 1. The van der Waals surface area contributed by atoms with E-state index in [4.69, 9.17) is 5.21 Å². The first-order valence-corrected chi connectivity index (χ1v) is 11.7. The average molecular weight is 495 g/mol. The molecule has 3 N–H and O–H groups in total. The molecule has 2 aromatic rings. The van der Waals surface area contributed by atoms with Crippen LogP contribution in [0.4, 0.5) is 4.39 Å². The van der Waals surface area contributed by atoms with Crippen LogP contribution in [-0.4, -0.2) is 71.6 Å². The summed E-state index contributed by atoms with van der Waals surface area (Å²) in [4.78, 5) is 40.6. The van der Waals surface area contributed by atoms with Gasteiger partial charge in [0.1, 0.15) is 6.17 Å². The van der Waals surface area contributed by atoms with Gasteiger partial charge >= 0.3 is 0 Å². The molecule has 190 valence electrons. The number of amides is 3. The number of likely N-dealkylation sites (N-methyl/N-ethyl adjacent to an activating group) is 2. The molecule has 0 radical (unpaired) electrons. The minimum Gasteiger partial charge on any atom is -0.357 e. The maximum atomic E-state index is 13.3. The van der Waals surface area contributed by atoms with Crippen molar-refractivity contribution in [2.75, 3.05) is 27.2 Å². The molecule has 1 aliphatic rings. The Labute approximate surface area is 210 Å². The standard InChI is InChI=1S/C27H31FN4O4/c1-27(25(34)29-2,26(35)30-36)31(3)24(33)22-12-10-20(11-13-22)5-4-19-6-8-21(9-7-19)18-32-16-14-23(28)15-17-32/h6-13,23,36H,14-18H2,1-3H3,(H,29,34)(H,30,35)/t27-/m0/s1. The van der Waals surface area contributed by atoms with Gasteiger partial charge in [-0.3, -0.25) is 24.5 Å². The molecule has 0 aliphatic carbocycles. The first kappa shape index (κ1) is 26.9. The normalized spacial score (nSPS) is 15.7. The van der Waals surface area contributed by atoms with Crippen LogP contribution in [0, 0.1) is 11.8 Å². The highest BCUT2D eigenvalue weighted by molar-refractivity contribution is 6.12. The topological polar surface area (TPSA) is 102 Å². The molecule has 1 aliphatic heterocycles. The Hall–Kier alpha value is -3.74. The van der Waals surface area contributed by atoms with Crippen molar-refractivity contribution in [3.8, 4) is 11.8 Å². The van der Waals surface area contributed by atoms with Crippen LogP contribution in [0.25, 0.3) is 0 Å². The van der Waals surface area contributed by atoms with E-state index in [1.165, 1.54) is 26.5 Å². The Morgan fingerprint density at radius 1 is 1.03 bits per heavy atom. The van der Waals surface area contributed by atoms with E-state index in [0.29, 0.717) is 18.4 Å². The fraction of sp³-hybridized carbons (Fsp3) is 0.370. The van der Waals surface area contributed by atoms with Crippen molar-refractivity contribution in [1.29, 1.82) is 0 Å². The molecule has 0 aromatic heterocycles. The highest BCUT2D eigenvalue weighted by atomic mass is 19.1. The molecular formula is C27H31FN4O4. The molecule has 36 heavy (non-hydrogen) atoms. The van der Waals surface area contributed by atoms with Crippen LogP contribution in [0.1, 0.15) is 46.8 Å². The lowest BCUT2D eigenvalue weighted by Gasteiger charge is -2.34. The third-order valence-corrected chi connectivity index (χ3v) is 6.55. The summed E-state index contributed by atoms with van der Waals surface area (Å²) >= 11 is 0. The number of carbonyl (C=O) groups is 3. The number of benzene rings is 2. The summed E-state index contributed by atoms with van der Waals surface area (Å²) in [6, 6.07) is 14.4. The number of nitrogens with zero attached hydrogens (tertiary/aromatic N) is 2. The average Bonchev–Trinajstić information content (AvgIpc) is 2.91. The van der Waals surface area contributed by atoms with Gasteiger partial charge in [-0.15, -0.1) is 0 Å². The van der Waals surface area contributed by atoms with Crippen LogP contribution in [-0.2, 0) is 16.1 Å². The number of nitrogens with one attached hydrogen (secondary N) is 2. The van der Waals surface area contributed by atoms with E-state index in [1.54, 1.807) is 24.3 Å². The maximum absolute atomic E-state index is 13.3. The number of rotatable bonds is 6. The zero-order chi connectivity index (χ0) is 26.3. The monoisotopic (exact) mass is 494 g/mol. The Morgan fingerprint density at radius 2 is 1.56 bits per heavy atom. The lowest BCUT2D eigenvalue weighted by Crippen LogP contribution is -2.64. The number of hydrogen-bond donors (Lipinski definition) is 3. The molecule has 0 unspecified atom stereocenters. The quantitative estimate of drug-likeness (QED) is 0.247. The van der Waals surface area contributed by atoms with Gasteiger partial charge in [0.15, 0.2) is 5.54 Å². The smallest absolute Gasteiger partial charge is 0.278 e. The summed E-state index contributed by atoms with van der Waals surface area (Å²) in [5.41, 5.74) is 2.44. The lowest BCUT2D eigenvalue weighted by molar-refractivity contribution is -0.148. The van der Waals surface area contributed by atoms with Crippen molar-refractivity contribution in [2.45, 2.75) is 38.0 Å². The van der Waals surface area contributed by atoms with E-state index in [1.807, 2.05) is 24.3 Å². The number of alkyl halides is 1. The fourth-order valence-electron chi connectivity index (χ4n) is 4.01. The predicted octanol–water partition coefficient (Wildman–Crippen LogP) is 2.10. The molecule has 9 heteroatoms. The van der Waals surface area contributed by atoms with Crippen LogP contribution in [0.3, 0.4) is 0 Å². The maximum Gasteiger partial charge on any atom is 0.278 e. The number of hydroxylamine groups is 1. The molecule has 1 atom stereocenters. The third kappa shape index (κ3) is 6.08. The van der Waals surface area contributed by atoms with Crippen molar-refractivity contribution in [2.24, 2.45) is 0 Å². The van der Waals surface area contributed by atoms with Crippen LogP contribution in [0.5, 0.6) is 0 Å². The van der Waals surface area contributed by atoms with Crippen LogP contribution < -0.4 is 10.8 Å². The van der Waals surface area contributed by atoms with E-state index >= 15 is 0 Å². The molecule has 3 rings (SSSR count). The number of hydrogen-bond acceptors (Lipinski definition) is 5. The van der Waals surface area contributed by atoms with Crippen LogP contribution in [0.15, 0.2) is 48.5 Å². The first-order chi connectivity index (χ1) is 17.2. The fourth-order valence-corrected chi connectivity index (χ4v) is 4.01. The van der Waals surface area contributed by atoms with Gasteiger partial charge in [-0.1, -0.05) is 24.0 Å². The van der Waals surface area contributed by atoms with Crippen molar-refractivity contribution in [1.82, 2.24) is 20.6 Å². The van der Waals surface area contributed by atoms with Gasteiger partial charge in [-0.05, 0) is 61.7 Å². The summed E-state index contributed by atoms with van der Waals surface area (Å²) in [5, 5.41) is 11.4. The van der Waals surface area contributed by atoms with E-state index in [9.17, 15) is 18.8 Å². The Morgan fingerprint density at radius 3 is 2.06 bits per heavy atom. The summed E-state index contributed by atoms with van der Waals surface area (Å²) in [6.07, 6.45) is 0.508. The minimum absolute atomic E-state index is 0.255. The number of carbonyl (C=O) groups excluding carboxylic acids is 3. The highest BCUT2D eigenvalue weighted by Gasteiger charge is 2.47. The van der Waals surface area contributed by atoms with E-state index in [2.05, 4.69) is 22.1 Å². The second kappa shape index (κ2) is 11.8. The first-order valence-electron chi connectivity index (χ1n) is 11.7. The van der Waals surface area contributed by atoms with Gasteiger partial charge in [0.05, 0.1) is 0 Å². The Balaban J connectivity index is 1.66. The van der Waals surface area contributed by atoms with Crippen molar-refractivity contribution in [3.05, 3.63) is 70.8 Å². The molecule has 1 heterocycles. The van der Waals surface area contributed by atoms with Crippen molar-refractivity contribution < 1.29 is 24.0 Å². The molecular weight excluding hydrogens is 463 g/mol. The minimum atomic E-state index is -1.95. The molecule has 2 aromatic carbocycles. The zero-order valence-electron chi connectivity index (χ0n) is 20.7. The van der Waals surface area contributed by atoms with E-state index in [0.717, 1.165) is 35.7 Å². The third-order valence-electron chi connectivity index (χ3n) is 6.55. The van der Waals surface area contributed by atoms with Crippen molar-refractivity contribution in [3.63, 3.8) is 0 Å². The van der Waals surface area contributed by atoms with E-state index in [-0.39, 0.29) is 5.56 Å². The molecule has 0 saturated carbocycles. The summed E-state index contributed by atoms with van der Waals surface area (Å²) in [7, 11) is 2.65. The van der Waals surface area contributed by atoms with E-state index < -0.39 is 29.4 Å². The zero-order valence-corrected chi connectivity index (χ0v) is 20.7. The largest absolute Gasteiger partial charge is 0.357 e. The number of piperidine rings is 1. The molecule has 1 fully saturated rings. The van der Waals surface area contributed by atoms with Gasteiger partial charge in [-0.25, -0.2) is 9.87 Å². The molecule has 0 spiro atoms. The highest BCUT2D eigenvalue weighted by Crippen LogP contribution is 2.19. The van der Waals surface area contributed by atoms with Gasteiger partial charge in [0.2, 0.25) is 0 Å². The SMILES string of the molecule is CNC(=O)[C@@](C)(C(=O)NO)N(C)C(=O)c1ccc(C#Cc2ccc(CN3CCC(F)CC3)cc2)cc1. The second-order valence-electron chi connectivity index (χ2n) is 8.93. The summed E-state index contributed by atoms with van der Waals surface area (Å²) < 4.78 is 13.3. The Kier molecular flexibility index (Phi) is 8.80. The second-order valence-corrected chi connectivity index (χ2v) is 8.93. The van der Waals surface area contributed by atoms with Gasteiger partial charge < -0.3 is 10.2 Å². The van der Waals surface area contributed by atoms with Gasteiger partial charge in [-0.2, -0.15) is 0 Å². The molecule has 0 bridgehead atoms. The molecule has 8 nitrogen and oxygen atoms in total. The van der Waals surface area contributed by atoms with Crippen LogP contribution >= 0.6 is 0 Å². The Bertz CT molecular complexity index is 1130. The predicted molar refractivity (Wildman–Crippen MR) is 133 cm³/mol. The summed E-state index contributed by atoms with van der Waals surface area (Å²) in [6.45, 7) is 3.59. The molecule has 1 saturated heterocycles. The summed E-state index contributed by atoms with van der Waals surface area (Å²) in [5.74, 6) is 3.80. The van der Waals surface area contributed by atoms with Gasteiger partial charge in [0.25, 0.3) is 17.7 Å².